The summed E-state index contributed by atoms with van der Waals surface area (Å²) in [6, 6.07) is 5.22. The number of fused-ring (bicyclic) bond motifs is 1. The summed E-state index contributed by atoms with van der Waals surface area (Å²) in [7, 11) is 0. The van der Waals surface area contributed by atoms with E-state index >= 15 is 0 Å². The summed E-state index contributed by atoms with van der Waals surface area (Å²) in [6.07, 6.45) is 2.10. The molecule has 0 saturated heterocycles. The Morgan fingerprint density at radius 3 is 2.20 bits per heavy atom. The van der Waals surface area contributed by atoms with E-state index in [1.807, 2.05) is 18.2 Å². The van der Waals surface area contributed by atoms with E-state index in [1.165, 1.54) is 0 Å². The number of halogens is 3. The Bertz CT molecular complexity index is 602. The first-order valence-corrected chi connectivity index (χ1v) is 5.29. The Balaban J connectivity index is 0.000000221. The highest BCUT2D eigenvalue weighted by molar-refractivity contribution is 5.88. The molecule has 106 valence electrons. The molecule has 20 heavy (non-hydrogen) atoms. The molecular weight excluding hydrogens is 277 g/mol. The first-order valence-electron chi connectivity index (χ1n) is 5.29. The molecule has 0 heterocycles. The van der Waals surface area contributed by atoms with Crippen LogP contribution >= 0.6 is 0 Å². The summed E-state index contributed by atoms with van der Waals surface area (Å²) in [5.41, 5.74) is 2.62. The van der Waals surface area contributed by atoms with E-state index < -0.39 is 23.8 Å². The van der Waals surface area contributed by atoms with Crippen LogP contribution in [-0.2, 0) is 11.2 Å². The molecule has 0 fully saturated rings. The van der Waals surface area contributed by atoms with Gasteiger partial charge in [0.25, 0.3) is 5.83 Å². The molecule has 0 radical (unpaired) electrons. The summed E-state index contributed by atoms with van der Waals surface area (Å²) >= 11 is 0. The zero-order valence-corrected chi connectivity index (χ0v) is 9.94. The van der Waals surface area contributed by atoms with Gasteiger partial charge in [0, 0.05) is 0 Å². The monoisotopic (exact) mass is 286 g/mol. The van der Waals surface area contributed by atoms with E-state index in [9.17, 15) is 22.8 Å². The fourth-order valence-corrected chi connectivity index (χ4v) is 1.47. The number of carbonyl (C=O) groups is 2. The first-order chi connectivity index (χ1) is 9.32. The Labute approximate surface area is 111 Å². The van der Waals surface area contributed by atoms with Crippen molar-refractivity contribution in [3.63, 3.8) is 0 Å². The number of hydrogen-bond donors (Lipinski definition) is 2. The van der Waals surface area contributed by atoms with Gasteiger partial charge in [-0.3, -0.25) is 0 Å². The molecule has 1 aromatic carbocycles. The van der Waals surface area contributed by atoms with Crippen LogP contribution in [0.25, 0.3) is 6.08 Å². The van der Waals surface area contributed by atoms with E-state index in [-0.39, 0.29) is 0 Å². The lowest BCUT2D eigenvalue weighted by Crippen LogP contribution is -1.97. The van der Waals surface area contributed by atoms with Crippen molar-refractivity contribution in [2.45, 2.75) is 6.42 Å². The van der Waals surface area contributed by atoms with Crippen LogP contribution in [0, 0.1) is 0 Å². The van der Waals surface area contributed by atoms with Gasteiger partial charge in [-0.15, -0.1) is 0 Å². The Morgan fingerprint density at radius 1 is 1.10 bits per heavy atom. The van der Waals surface area contributed by atoms with Crippen LogP contribution < -0.4 is 0 Å². The third-order valence-corrected chi connectivity index (χ3v) is 2.38. The van der Waals surface area contributed by atoms with Gasteiger partial charge in [0.15, 0.2) is 0 Å². The van der Waals surface area contributed by atoms with E-state index in [1.54, 1.807) is 12.1 Å². The Kier molecular flexibility index (Phi) is 5.08. The number of hydrogen-bond acceptors (Lipinski definition) is 2. The highest BCUT2D eigenvalue weighted by Crippen LogP contribution is 2.20. The normalized spacial score (nSPS) is 11.2. The van der Waals surface area contributed by atoms with Gasteiger partial charge in [0.05, 0.1) is 5.56 Å². The first kappa shape index (κ1) is 15.5. The van der Waals surface area contributed by atoms with Crippen LogP contribution in [0.3, 0.4) is 0 Å². The average Bonchev–Trinajstić information content (AvgIpc) is 2.85. The third-order valence-electron chi connectivity index (χ3n) is 2.38. The van der Waals surface area contributed by atoms with Gasteiger partial charge in [0.2, 0.25) is 0 Å². The van der Waals surface area contributed by atoms with Gasteiger partial charge in [0.1, 0.15) is 0 Å². The number of allylic oxidation sites excluding steroid dienone is 1. The molecule has 0 aromatic heterocycles. The van der Waals surface area contributed by atoms with Gasteiger partial charge < -0.3 is 10.2 Å². The second-order valence-electron chi connectivity index (χ2n) is 3.70. The van der Waals surface area contributed by atoms with Crippen LogP contribution in [0.1, 0.15) is 21.5 Å². The number of aliphatic carboxylic acids is 1. The summed E-state index contributed by atoms with van der Waals surface area (Å²) < 4.78 is 32.8. The van der Waals surface area contributed by atoms with Crippen molar-refractivity contribution in [1.82, 2.24) is 0 Å². The summed E-state index contributed by atoms with van der Waals surface area (Å²) in [4.78, 5) is 19.8. The maximum Gasteiger partial charge on any atom is 0.370 e. The lowest BCUT2D eigenvalue weighted by Gasteiger charge is -1.99. The molecule has 1 aromatic rings. The van der Waals surface area contributed by atoms with Crippen LogP contribution in [-0.4, -0.2) is 22.2 Å². The highest BCUT2D eigenvalue weighted by Gasteiger charge is 2.12. The molecular formula is C13H9F3O4. The molecule has 2 rings (SSSR count). The lowest BCUT2D eigenvalue weighted by molar-refractivity contribution is -0.134. The van der Waals surface area contributed by atoms with Crippen LogP contribution in [0.4, 0.5) is 13.2 Å². The quantitative estimate of drug-likeness (QED) is 0.819. The maximum atomic E-state index is 11.2. The zero-order valence-electron chi connectivity index (χ0n) is 9.94. The minimum atomic E-state index is -2.81. The SMILES string of the molecule is O=C(O)C(F)=C(F)F.O=C(O)c1ccc2c(c1)CC=C2. The minimum Gasteiger partial charge on any atom is -0.478 e. The second kappa shape index (κ2) is 6.55. The molecule has 0 amide bonds. The zero-order chi connectivity index (χ0) is 15.3. The Hall–Kier alpha value is -2.57. The predicted octanol–water partition coefficient (Wildman–Crippen LogP) is 3.10. The molecule has 0 atom stereocenters. The predicted molar refractivity (Wildman–Crippen MR) is 64.1 cm³/mol. The van der Waals surface area contributed by atoms with Crippen molar-refractivity contribution in [3.8, 4) is 0 Å². The lowest BCUT2D eigenvalue weighted by atomic mass is 10.1. The highest BCUT2D eigenvalue weighted by atomic mass is 19.3. The summed E-state index contributed by atoms with van der Waals surface area (Å²) in [6.45, 7) is 0. The molecule has 1 aliphatic rings. The minimum absolute atomic E-state index is 0.373. The molecule has 2 N–H and O–H groups in total. The molecule has 7 heteroatoms. The van der Waals surface area contributed by atoms with Crippen molar-refractivity contribution >= 4 is 18.0 Å². The number of carboxylic acid groups (broad SMARTS) is 2. The van der Waals surface area contributed by atoms with Gasteiger partial charge in [-0.05, 0) is 29.7 Å². The van der Waals surface area contributed by atoms with E-state index in [2.05, 4.69) is 0 Å². The van der Waals surface area contributed by atoms with Gasteiger partial charge in [-0.1, -0.05) is 18.2 Å². The van der Waals surface area contributed by atoms with Gasteiger partial charge >= 0.3 is 18.0 Å². The van der Waals surface area contributed by atoms with Crippen LogP contribution in [0.15, 0.2) is 36.2 Å². The number of benzene rings is 1. The van der Waals surface area contributed by atoms with E-state index in [4.69, 9.17) is 10.2 Å². The molecule has 0 bridgehead atoms. The molecule has 0 spiro atoms. The standard InChI is InChI=1S/C10H8O2.C3HF3O2/c11-10(12)9-5-4-7-2-1-3-8(7)6-9;4-1(2(5)6)3(7)8/h1-2,4-6H,3H2,(H,11,12);(H,7,8). The third kappa shape index (κ3) is 3.98. The van der Waals surface area contributed by atoms with Crippen molar-refractivity contribution in [2.75, 3.05) is 0 Å². The topological polar surface area (TPSA) is 74.6 Å². The van der Waals surface area contributed by atoms with Gasteiger partial charge in [-0.25, -0.2) is 9.59 Å². The maximum absolute atomic E-state index is 11.2. The summed E-state index contributed by atoms with van der Waals surface area (Å²) in [5.74, 6) is -5.50. The Morgan fingerprint density at radius 2 is 1.75 bits per heavy atom. The largest absolute Gasteiger partial charge is 0.478 e. The smallest absolute Gasteiger partial charge is 0.370 e. The fraction of sp³-hybridized carbons (Fsp3) is 0.0769. The van der Waals surface area contributed by atoms with Crippen molar-refractivity contribution in [1.29, 1.82) is 0 Å². The summed E-state index contributed by atoms with van der Waals surface area (Å²) in [5, 5.41) is 16.1. The fourth-order valence-electron chi connectivity index (χ4n) is 1.47. The molecule has 0 unspecified atom stereocenters. The van der Waals surface area contributed by atoms with Crippen LogP contribution in [0.2, 0.25) is 0 Å². The van der Waals surface area contributed by atoms with Crippen LogP contribution in [0.5, 0.6) is 0 Å². The molecule has 1 aliphatic carbocycles. The number of carboxylic acids is 2. The van der Waals surface area contributed by atoms with E-state index in [0.29, 0.717) is 5.56 Å². The van der Waals surface area contributed by atoms with Crippen molar-refractivity contribution in [3.05, 3.63) is 52.9 Å². The average molecular weight is 286 g/mol. The molecule has 0 saturated carbocycles. The van der Waals surface area contributed by atoms with E-state index in [0.717, 1.165) is 17.5 Å². The van der Waals surface area contributed by atoms with Crippen molar-refractivity contribution in [2.24, 2.45) is 0 Å². The number of rotatable bonds is 2. The second-order valence-corrected chi connectivity index (χ2v) is 3.70. The molecule has 0 aliphatic heterocycles. The molecule has 4 nitrogen and oxygen atoms in total. The number of aromatic carboxylic acids is 1. The van der Waals surface area contributed by atoms with Crippen molar-refractivity contribution < 1.29 is 33.0 Å². The van der Waals surface area contributed by atoms with Gasteiger partial charge in [-0.2, -0.15) is 13.2 Å².